The molecule has 1 fully saturated rings. The van der Waals surface area contributed by atoms with Crippen molar-refractivity contribution in [1.82, 2.24) is 5.32 Å². The first-order valence-corrected chi connectivity index (χ1v) is 7.24. The second kappa shape index (κ2) is 6.76. The van der Waals surface area contributed by atoms with Gasteiger partial charge in [0, 0.05) is 12.0 Å². The van der Waals surface area contributed by atoms with E-state index in [9.17, 15) is 9.59 Å². The molecule has 0 aromatic carbocycles. The van der Waals surface area contributed by atoms with Crippen molar-refractivity contribution >= 4 is 11.9 Å². The van der Waals surface area contributed by atoms with E-state index in [-0.39, 0.29) is 23.6 Å². The normalized spacial score (nSPS) is 23.5. The van der Waals surface area contributed by atoms with E-state index in [4.69, 9.17) is 10.2 Å². The van der Waals surface area contributed by atoms with Crippen LogP contribution in [0, 0.1) is 5.92 Å². The van der Waals surface area contributed by atoms with E-state index in [2.05, 4.69) is 10.1 Å². The molecule has 0 saturated heterocycles. The van der Waals surface area contributed by atoms with Crippen molar-refractivity contribution < 1.29 is 18.7 Å². The number of nitrogens with one attached hydrogen (secondary N) is 1. The van der Waals surface area contributed by atoms with Crippen LogP contribution in [0.3, 0.4) is 0 Å². The summed E-state index contributed by atoms with van der Waals surface area (Å²) in [5, 5.41) is 3.47. The second-order valence-electron chi connectivity index (χ2n) is 5.53. The number of hydrogen-bond donors (Lipinski definition) is 2. The number of carbonyl (C=O) groups is 2. The molecule has 1 heterocycles. The van der Waals surface area contributed by atoms with Gasteiger partial charge in [0.25, 0.3) is 0 Å². The topological polar surface area (TPSA) is 94.6 Å². The Labute approximate surface area is 124 Å². The Bertz CT molecular complexity index is 504. The van der Waals surface area contributed by atoms with Gasteiger partial charge in [-0.3, -0.25) is 4.79 Å². The summed E-state index contributed by atoms with van der Waals surface area (Å²) < 4.78 is 10.1. The molecule has 0 aliphatic heterocycles. The zero-order valence-corrected chi connectivity index (χ0v) is 12.4. The molecule has 6 heteroatoms. The lowest BCUT2D eigenvalue weighted by atomic mass is 9.85. The van der Waals surface area contributed by atoms with Crippen molar-refractivity contribution in [2.45, 2.75) is 44.7 Å². The molecule has 21 heavy (non-hydrogen) atoms. The summed E-state index contributed by atoms with van der Waals surface area (Å²) in [5.41, 5.74) is 5.33. The minimum atomic E-state index is -0.476. The smallest absolute Gasteiger partial charge is 0.373 e. The van der Waals surface area contributed by atoms with Gasteiger partial charge in [-0.2, -0.15) is 0 Å². The molecule has 116 valence electrons. The van der Waals surface area contributed by atoms with Crippen LogP contribution in [0.2, 0.25) is 0 Å². The molecule has 1 amide bonds. The first-order valence-electron chi connectivity index (χ1n) is 7.24. The highest BCUT2D eigenvalue weighted by Crippen LogP contribution is 2.26. The number of hydrogen-bond acceptors (Lipinski definition) is 5. The first kappa shape index (κ1) is 15.6. The number of ether oxygens (including phenoxy) is 1. The molecule has 2 rings (SSSR count). The van der Waals surface area contributed by atoms with Crippen LogP contribution in [0.4, 0.5) is 0 Å². The van der Waals surface area contributed by atoms with Crippen molar-refractivity contribution in [3.8, 4) is 0 Å². The number of amides is 1. The molecule has 0 spiro atoms. The van der Waals surface area contributed by atoms with Gasteiger partial charge < -0.3 is 20.2 Å². The minimum absolute atomic E-state index is 0.00136. The molecule has 0 radical (unpaired) electrons. The van der Waals surface area contributed by atoms with E-state index < -0.39 is 5.97 Å². The quantitative estimate of drug-likeness (QED) is 0.807. The van der Waals surface area contributed by atoms with E-state index in [1.54, 1.807) is 12.1 Å². The summed E-state index contributed by atoms with van der Waals surface area (Å²) in [4.78, 5) is 22.5. The van der Waals surface area contributed by atoms with E-state index in [1.165, 1.54) is 7.11 Å². The molecular weight excluding hydrogens is 272 g/mol. The Balaban J connectivity index is 1.87. The number of furan rings is 1. The van der Waals surface area contributed by atoms with Crippen molar-refractivity contribution in [2.24, 2.45) is 11.7 Å². The van der Waals surface area contributed by atoms with E-state index in [0.29, 0.717) is 11.8 Å². The minimum Gasteiger partial charge on any atom is -0.463 e. The number of rotatable bonds is 5. The Morgan fingerprint density at radius 2 is 2.00 bits per heavy atom. The van der Waals surface area contributed by atoms with Crippen LogP contribution >= 0.6 is 0 Å². The lowest BCUT2D eigenvalue weighted by Crippen LogP contribution is -2.37. The van der Waals surface area contributed by atoms with Crippen LogP contribution in [0.15, 0.2) is 16.5 Å². The zero-order valence-electron chi connectivity index (χ0n) is 12.4. The number of esters is 1. The van der Waals surface area contributed by atoms with E-state index >= 15 is 0 Å². The highest BCUT2D eigenvalue weighted by atomic mass is 16.5. The maximum Gasteiger partial charge on any atom is 0.373 e. The highest BCUT2D eigenvalue weighted by Gasteiger charge is 2.26. The Morgan fingerprint density at radius 3 is 2.57 bits per heavy atom. The molecule has 3 N–H and O–H groups in total. The summed E-state index contributed by atoms with van der Waals surface area (Å²) >= 11 is 0. The Hall–Kier alpha value is -1.82. The van der Waals surface area contributed by atoms with Gasteiger partial charge in [0.2, 0.25) is 11.7 Å². The molecule has 1 atom stereocenters. The van der Waals surface area contributed by atoms with Crippen LogP contribution in [0.1, 0.15) is 55.0 Å². The number of carbonyl (C=O) groups excluding carboxylic acids is 2. The first-order chi connectivity index (χ1) is 10.0. The standard InChI is InChI=1S/C15H22N2O4/c1-9(12-7-8-13(21-12)15(19)20-2)17-11-5-3-10(4-6-11)14(16)18/h7-11,17H,3-6H2,1-2H3,(H2,16,18). The predicted octanol–water partition coefficient (Wildman–Crippen LogP) is 1.76. The molecule has 1 aliphatic carbocycles. The summed E-state index contributed by atoms with van der Waals surface area (Å²) in [6.07, 6.45) is 3.49. The van der Waals surface area contributed by atoms with Gasteiger partial charge in [0.05, 0.1) is 13.2 Å². The fourth-order valence-electron chi connectivity index (χ4n) is 2.78. The van der Waals surface area contributed by atoms with Gasteiger partial charge in [-0.1, -0.05) is 0 Å². The zero-order chi connectivity index (χ0) is 15.4. The molecule has 1 unspecified atom stereocenters. The summed E-state index contributed by atoms with van der Waals surface area (Å²) in [5.74, 6) is 0.240. The number of primary amides is 1. The largest absolute Gasteiger partial charge is 0.463 e. The van der Waals surface area contributed by atoms with E-state index in [1.807, 2.05) is 6.92 Å². The molecule has 1 aromatic rings. The highest BCUT2D eigenvalue weighted by molar-refractivity contribution is 5.86. The van der Waals surface area contributed by atoms with Crippen LogP contribution < -0.4 is 11.1 Å². The fourth-order valence-corrected chi connectivity index (χ4v) is 2.78. The maximum absolute atomic E-state index is 11.4. The van der Waals surface area contributed by atoms with Crippen molar-refractivity contribution in [2.75, 3.05) is 7.11 Å². The van der Waals surface area contributed by atoms with Gasteiger partial charge in [-0.05, 0) is 44.7 Å². The molecule has 0 bridgehead atoms. The summed E-state index contributed by atoms with van der Waals surface area (Å²) in [6.45, 7) is 1.99. The number of nitrogens with two attached hydrogens (primary N) is 1. The van der Waals surface area contributed by atoms with Crippen molar-refractivity contribution in [3.05, 3.63) is 23.7 Å². The second-order valence-corrected chi connectivity index (χ2v) is 5.53. The third-order valence-corrected chi connectivity index (χ3v) is 4.06. The van der Waals surface area contributed by atoms with Gasteiger partial charge in [0.15, 0.2) is 0 Å². The average Bonchev–Trinajstić information content (AvgIpc) is 2.97. The summed E-state index contributed by atoms with van der Waals surface area (Å²) in [7, 11) is 1.32. The fraction of sp³-hybridized carbons (Fsp3) is 0.600. The van der Waals surface area contributed by atoms with Crippen LogP contribution in [0.25, 0.3) is 0 Å². The molecule has 1 saturated carbocycles. The van der Waals surface area contributed by atoms with Crippen molar-refractivity contribution in [1.29, 1.82) is 0 Å². The van der Waals surface area contributed by atoms with Gasteiger partial charge in [0.1, 0.15) is 5.76 Å². The Kier molecular flexibility index (Phi) is 5.01. The van der Waals surface area contributed by atoms with Crippen molar-refractivity contribution in [3.63, 3.8) is 0 Å². The third-order valence-electron chi connectivity index (χ3n) is 4.06. The van der Waals surface area contributed by atoms with Gasteiger partial charge >= 0.3 is 5.97 Å². The van der Waals surface area contributed by atoms with Gasteiger partial charge in [-0.15, -0.1) is 0 Å². The number of methoxy groups -OCH3 is 1. The predicted molar refractivity (Wildman–Crippen MR) is 76.5 cm³/mol. The maximum atomic E-state index is 11.4. The third kappa shape index (κ3) is 3.85. The summed E-state index contributed by atoms with van der Waals surface area (Å²) in [6, 6.07) is 3.73. The average molecular weight is 294 g/mol. The van der Waals surface area contributed by atoms with Gasteiger partial charge in [-0.25, -0.2) is 4.79 Å². The van der Waals surface area contributed by atoms with Crippen LogP contribution in [-0.2, 0) is 9.53 Å². The SMILES string of the molecule is COC(=O)c1ccc(C(C)NC2CCC(C(N)=O)CC2)o1. The lowest BCUT2D eigenvalue weighted by Gasteiger charge is -2.29. The molecular formula is C15H22N2O4. The lowest BCUT2D eigenvalue weighted by molar-refractivity contribution is -0.122. The van der Waals surface area contributed by atoms with Crippen LogP contribution in [-0.4, -0.2) is 25.0 Å². The van der Waals surface area contributed by atoms with Crippen LogP contribution in [0.5, 0.6) is 0 Å². The molecule has 1 aliphatic rings. The monoisotopic (exact) mass is 294 g/mol. The van der Waals surface area contributed by atoms with E-state index in [0.717, 1.165) is 25.7 Å². The molecule has 1 aromatic heterocycles. The Morgan fingerprint density at radius 1 is 1.33 bits per heavy atom. The molecule has 6 nitrogen and oxygen atoms in total.